The van der Waals surface area contributed by atoms with E-state index in [9.17, 15) is 0 Å². The van der Waals surface area contributed by atoms with Crippen LogP contribution in [-0.2, 0) is 0 Å². The molecule has 0 amide bonds. The Morgan fingerprint density at radius 3 is 1.40 bits per heavy atom. The molecule has 0 atom stereocenters. The number of benzene rings is 6. The molecule has 10 rings (SSSR count). The second-order valence-corrected chi connectivity index (χ2v) is 14.2. The van der Waals surface area contributed by atoms with E-state index in [4.69, 9.17) is 29.9 Å². The van der Waals surface area contributed by atoms with Gasteiger partial charge in [0.25, 0.3) is 0 Å². The van der Waals surface area contributed by atoms with Gasteiger partial charge >= 0.3 is 0 Å². The molecule has 10 aromatic rings. The summed E-state index contributed by atoms with van der Waals surface area (Å²) in [5.74, 6) is 1.84. The van der Waals surface area contributed by atoms with E-state index in [2.05, 4.69) is 127 Å². The molecule has 0 aliphatic heterocycles. The van der Waals surface area contributed by atoms with E-state index in [0.29, 0.717) is 17.5 Å². The van der Waals surface area contributed by atoms with Crippen molar-refractivity contribution in [1.29, 1.82) is 0 Å². The van der Waals surface area contributed by atoms with E-state index in [1.807, 2.05) is 48.7 Å². The van der Waals surface area contributed by atoms with Gasteiger partial charge in [0.15, 0.2) is 17.5 Å². The number of fused-ring (bicyclic) bond motifs is 3. The lowest BCUT2D eigenvalue weighted by atomic mass is 9.99. The third kappa shape index (κ3) is 6.33. The van der Waals surface area contributed by atoms with Crippen molar-refractivity contribution < 1.29 is 0 Å². The van der Waals surface area contributed by atoms with Gasteiger partial charge in [-0.3, -0.25) is 0 Å². The molecule has 0 bridgehead atoms. The summed E-state index contributed by atoms with van der Waals surface area (Å²) >= 11 is 1.62. The fourth-order valence-electron chi connectivity index (χ4n) is 6.90. The number of aromatic nitrogens is 6. The van der Waals surface area contributed by atoms with Gasteiger partial charge in [0.1, 0.15) is 11.2 Å². The molecule has 0 aliphatic rings. The van der Waals surface area contributed by atoms with Gasteiger partial charge in [-0.25, -0.2) is 29.9 Å². The van der Waals surface area contributed by atoms with Crippen LogP contribution in [0.2, 0.25) is 0 Å². The van der Waals surface area contributed by atoms with Crippen LogP contribution in [0.4, 0.5) is 0 Å². The van der Waals surface area contributed by atoms with E-state index in [1.54, 1.807) is 17.7 Å². The molecular formula is C48H30N6S. The second kappa shape index (κ2) is 14.0. The first-order valence-corrected chi connectivity index (χ1v) is 18.8. The van der Waals surface area contributed by atoms with E-state index in [0.717, 1.165) is 70.6 Å². The molecule has 0 unspecified atom stereocenters. The fraction of sp³-hybridized carbons (Fsp3) is 0. The van der Waals surface area contributed by atoms with Crippen molar-refractivity contribution in [3.63, 3.8) is 0 Å². The monoisotopic (exact) mass is 722 g/mol. The first-order valence-electron chi connectivity index (χ1n) is 18.0. The summed E-state index contributed by atoms with van der Waals surface area (Å²) in [6.07, 6.45) is 3.60. The third-order valence-electron chi connectivity index (χ3n) is 9.75. The number of pyridine rings is 1. The topological polar surface area (TPSA) is 77.3 Å². The van der Waals surface area contributed by atoms with Gasteiger partial charge in [-0.1, -0.05) is 158 Å². The highest BCUT2D eigenvalue weighted by Gasteiger charge is 2.17. The van der Waals surface area contributed by atoms with Gasteiger partial charge < -0.3 is 0 Å². The fourth-order valence-corrected chi connectivity index (χ4v) is 8.00. The molecule has 0 N–H and O–H groups in total. The van der Waals surface area contributed by atoms with Crippen molar-refractivity contribution >= 4 is 31.8 Å². The lowest BCUT2D eigenvalue weighted by molar-refractivity contribution is 1.07. The minimum absolute atomic E-state index is 0.602. The lowest BCUT2D eigenvalue weighted by Gasteiger charge is -2.10. The van der Waals surface area contributed by atoms with Gasteiger partial charge in [-0.15, -0.1) is 11.3 Å². The largest absolute Gasteiger partial charge is 0.245 e. The van der Waals surface area contributed by atoms with Gasteiger partial charge in [0, 0.05) is 39.4 Å². The molecule has 6 nitrogen and oxygen atoms in total. The van der Waals surface area contributed by atoms with Gasteiger partial charge in [0.2, 0.25) is 0 Å². The Balaban J connectivity index is 0.998. The van der Waals surface area contributed by atoms with E-state index in [-0.39, 0.29) is 0 Å². The number of rotatable bonds is 7. The minimum Gasteiger partial charge on any atom is -0.245 e. The summed E-state index contributed by atoms with van der Waals surface area (Å²) < 4.78 is 1.00. The number of hydrogen-bond acceptors (Lipinski definition) is 7. The van der Waals surface area contributed by atoms with E-state index in [1.165, 1.54) is 11.1 Å². The molecule has 0 fully saturated rings. The second-order valence-electron chi connectivity index (χ2n) is 13.2. The summed E-state index contributed by atoms with van der Waals surface area (Å²) in [5.41, 5.74) is 12.3. The quantitative estimate of drug-likeness (QED) is 0.163. The highest BCUT2D eigenvalue weighted by molar-refractivity contribution is 7.25. The SMILES string of the molecule is c1ccc(-c2ccc(-c3nc(-c4ccccc4)nc(-c4ccc(-c5ncnc6c5sc5ncc(-c7cccc(-c8ccccc8)c7)cc56)cc4)n3)cc2)cc1. The molecule has 55 heavy (non-hydrogen) atoms. The van der Waals surface area contributed by atoms with Crippen LogP contribution < -0.4 is 0 Å². The number of hydrogen-bond donors (Lipinski definition) is 0. The van der Waals surface area contributed by atoms with Crippen LogP contribution >= 0.6 is 11.3 Å². The first-order chi connectivity index (χ1) is 27.2. The standard InChI is InChI=1S/C48H30N6S/c1-4-11-31(12-5-1)33-19-23-36(24-20-33)46-52-45(35-15-8-3-9-16-35)53-47(54-46)37-25-21-34(22-26-37)42-44-43(51-30-50-42)41-28-40(29-49-48(41)55-44)39-18-10-17-38(27-39)32-13-6-2-7-14-32/h1-30H. The zero-order valence-electron chi connectivity index (χ0n) is 29.4. The average Bonchev–Trinajstić information content (AvgIpc) is 3.66. The van der Waals surface area contributed by atoms with Crippen molar-refractivity contribution in [2.24, 2.45) is 0 Å². The minimum atomic E-state index is 0.602. The Labute approximate surface area is 321 Å². The molecule has 7 heteroatoms. The molecule has 6 aromatic carbocycles. The zero-order valence-corrected chi connectivity index (χ0v) is 30.2. The molecule has 0 saturated carbocycles. The Bertz CT molecular complexity index is 2950. The van der Waals surface area contributed by atoms with Crippen LogP contribution in [0.3, 0.4) is 0 Å². The van der Waals surface area contributed by atoms with Crippen LogP contribution in [0, 0.1) is 0 Å². The normalized spacial score (nSPS) is 11.3. The Morgan fingerprint density at radius 2 is 0.800 bits per heavy atom. The summed E-state index contributed by atoms with van der Waals surface area (Å²) in [6.45, 7) is 0. The van der Waals surface area contributed by atoms with E-state index >= 15 is 0 Å². The predicted octanol–water partition coefficient (Wildman–Crippen LogP) is 12.1. The van der Waals surface area contributed by atoms with Gasteiger partial charge in [-0.05, 0) is 39.9 Å². The lowest BCUT2D eigenvalue weighted by Crippen LogP contribution is -2.00. The Kier molecular flexibility index (Phi) is 8.24. The van der Waals surface area contributed by atoms with Crippen molar-refractivity contribution in [3.8, 4) is 78.8 Å². The first kappa shape index (κ1) is 32.4. The molecule has 258 valence electrons. The summed E-state index contributed by atoms with van der Waals surface area (Å²) in [4.78, 5) is 30.2. The zero-order chi connectivity index (χ0) is 36.6. The maximum Gasteiger partial charge on any atom is 0.164 e. The van der Waals surface area contributed by atoms with Crippen LogP contribution in [0.1, 0.15) is 0 Å². The van der Waals surface area contributed by atoms with E-state index < -0.39 is 0 Å². The number of thiophene rings is 1. The van der Waals surface area contributed by atoms with Crippen LogP contribution in [0.5, 0.6) is 0 Å². The van der Waals surface area contributed by atoms with Gasteiger partial charge in [0.05, 0.1) is 15.9 Å². The summed E-state index contributed by atoms with van der Waals surface area (Å²) in [5, 5.41) is 1.02. The molecule has 0 spiro atoms. The molecule has 4 heterocycles. The predicted molar refractivity (Wildman–Crippen MR) is 224 cm³/mol. The molecule has 4 aromatic heterocycles. The van der Waals surface area contributed by atoms with Crippen molar-refractivity contribution in [2.75, 3.05) is 0 Å². The maximum absolute atomic E-state index is 4.98. The molecule has 0 saturated heterocycles. The van der Waals surface area contributed by atoms with Crippen LogP contribution in [-0.4, -0.2) is 29.9 Å². The van der Waals surface area contributed by atoms with Crippen molar-refractivity contribution in [1.82, 2.24) is 29.9 Å². The summed E-state index contributed by atoms with van der Waals surface area (Å²) in [7, 11) is 0. The maximum atomic E-state index is 4.98. The van der Waals surface area contributed by atoms with Crippen LogP contribution in [0.25, 0.3) is 99.2 Å². The highest BCUT2D eigenvalue weighted by Crippen LogP contribution is 2.39. The molecular weight excluding hydrogens is 693 g/mol. The van der Waals surface area contributed by atoms with Crippen molar-refractivity contribution in [3.05, 3.63) is 182 Å². The number of nitrogens with zero attached hydrogens (tertiary/aromatic N) is 6. The highest BCUT2D eigenvalue weighted by atomic mass is 32.1. The molecule has 0 aliphatic carbocycles. The van der Waals surface area contributed by atoms with Gasteiger partial charge in [-0.2, -0.15) is 0 Å². The van der Waals surface area contributed by atoms with Crippen LogP contribution in [0.15, 0.2) is 182 Å². The molecule has 0 radical (unpaired) electrons. The average molecular weight is 723 g/mol. The summed E-state index contributed by atoms with van der Waals surface area (Å²) in [6, 6.07) is 58.2. The van der Waals surface area contributed by atoms with Crippen molar-refractivity contribution in [2.45, 2.75) is 0 Å². The Morgan fingerprint density at radius 1 is 0.345 bits per heavy atom. The third-order valence-corrected chi connectivity index (χ3v) is 10.9. The smallest absolute Gasteiger partial charge is 0.164 e. The Hall–Kier alpha value is -7.22.